The fourth-order valence-electron chi connectivity index (χ4n) is 1.98. The van der Waals surface area contributed by atoms with E-state index in [0.717, 1.165) is 27.8 Å². The maximum absolute atomic E-state index is 4.41. The summed E-state index contributed by atoms with van der Waals surface area (Å²) in [6.07, 6.45) is 0. The van der Waals surface area contributed by atoms with Gasteiger partial charge in [-0.05, 0) is 26.0 Å². The number of hydrogen-bond donors (Lipinski definition) is 1. The smallest absolute Gasteiger partial charge is 0.149 e. The van der Waals surface area contributed by atoms with Gasteiger partial charge in [-0.1, -0.05) is 29.8 Å². The standard InChI is InChI=1S/C16H16N4S/c1-11-3-5-13(6-4-11)15-7-8-16(20-19-15)17-9-14-10-21-12(2)18-14/h3-8,10H,9H2,1-2H3,(H,17,20). The molecule has 0 bridgehead atoms. The molecule has 0 saturated carbocycles. The van der Waals surface area contributed by atoms with Gasteiger partial charge in [0.2, 0.25) is 0 Å². The first-order valence-electron chi connectivity index (χ1n) is 6.76. The van der Waals surface area contributed by atoms with Gasteiger partial charge in [0.05, 0.1) is 22.9 Å². The van der Waals surface area contributed by atoms with Gasteiger partial charge >= 0.3 is 0 Å². The molecule has 106 valence electrons. The number of aryl methyl sites for hydroxylation is 2. The van der Waals surface area contributed by atoms with Gasteiger partial charge in [-0.25, -0.2) is 4.98 Å². The van der Waals surface area contributed by atoms with Crippen LogP contribution in [0, 0.1) is 13.8 Å². The van der Waals surface area contributed by atoms with Crippen LogP contribution in [0.15, 0.2) is 41.8 Å². The monoisotopic (exact) mass is 296 g/mol. The molecule has 2 heterocycles. The van der Waals surface area contributed by atoms with Crippen molar-refractivity contribution in [3.05, 3.63) is 58.0 Å². The summed E-state index contributed by atoms with van der Waals surface area (Å²) >= 11 is 1.65. The molecule has 0 aliphatic carbocycles. The molecule has 0 spiro atoms. The van der Waals surface area contributed by atoms with E-state index in [1.165, 1.54) is 5.56 Å². The van der Waals surface area contributed by atoms with Crippen molar-refractivity contribution in [3.8, 4) is 11.3 Å². The Hall–Kier alpha value is -2.27. The molecule has 4 nitrogen and oxygen atoms in total. The van der Waals surface area contributed by atoms with Gasteiger partial charge in [0.25, 0.3) is 0 Å². The molecule has 5 heteroatoms. The van der Waals surface area contributed by atoms with Crippen molar-refractivity contribution < 1.29 is 0 Å². The van der Waals surface area contributed by atoms with E-state index in [1.807, 2.05) is 19.1 Å². The maximum atomic E-state index is 4.41. The van der Waals surface area contributed by atoms with Crippen molar-refractivity contribution in [3.63, 3.8) is 0 Å². The molecule has 0 aliphatic rings. The highest BCUT2D eigenvalue weighted by atomic mass is 32.1. The zero-order chi connectivity index (χ0) is 14.7. The molecule has 0 atom stereocenters. The molecular formula is C16H16N4S. The second-order valence-electron chi connectivity index (χ2n) is 4.88. The Balaban J connectivity index is 1.67. The molecule has 3 rings (SSSR count). The van der Waals surface area contributed by atoms with Gasteiger partial charge in [-0.2, -0.15) is 0 Å². The lowest BCUT2D eigenvalue weighted by atomic mass is 10.1. The summed E-state index contributed by atoms with van der Waals surface area (Å²) in [6, 6.07) is 12.2. The molecule has 1 aromatic carbocycles. The summed E-state index contributed by atoms with van der Waals surface area (Å²) in [4.78, 5) is 4.41. The van der Waals surface area contributed by atoms with Gasteiger partial charge in [0, 0.05) is 10.9 Å². The molecule has 0 aliphatic heterocycles. The summed E-state index contributed by atoms with van der Waals surface area (Å²) in [6.45, 7) is 4.75. The molecule has 0 amide bonds. The lowest BCUT2D eigenvalue weighted by molar-refractivity contribution is 0.985. The molecular weight excluding hydrogens is 280 g/mol. The highest BCUT2D eigenvalue weighted by Crippen LogP contribution is 2.18. The number of nitrogens with one attached hydrogen (secondary N) is 1. The predicted molar refractivity (Wildman–Crippen MR) is 86.4 cm³/mol. The first-order chi connectivity index (χ1) is 10.2. The van der Waals surface area contributed by atoms with Crippen LogP contribution in [0.2, 0.25) is 0 Å². The lowest BCUT2D eigenvalue weighted by Gasteiger charge is -2.04. The minimum atomic E-state index is 0.670. The topological polar surface area (TPSA) is 50.7 Å². The van der Waals surface area contributed by atoms with E-state index in [9.17, 15) is 0 Å². The number of benzene rings is 1. The lowest BCUT2D eigenvalue weighted by Crippen LogP contribution is -2.02. The largest absolute Gasteiger partial charge is 0.363 e. The molecule has 3 aromatic rings. The quantitative estimate of drug-likeness (QED) is 0.795. The van der Waals surface area contributed by atoms with Crippen molar-refractivity contribution in [1.29, 1.82) is 0 Å². The second kappa shape index (κ2) is 6.01. The summed E-state index contributed by atoms with van der Waals surface area (Å²) in [5.41, 5.74) is 4.23. The maximum Gasteiger partial charge on any atom is 0.149 e. The van der Waals surface area contributed by atoms with Gasteiger partial charge < -0.3 is 5.32 Å². The predicted octanol–water partition coefficient (Wildman–Crippen LogP) is 3.83. The van der Waals surface area contributed by atoms with Crippen LogP contribution in [-0.2, 0) is 6.54 Å². The van der Waals surface area contributed by atoms with Crippen molar-refractivity contribution in [2.75, 3.05) is 5.32 Å². The van der Waals surface area contributed by atoms with Crippen molar-refractivity contribution in [2.24, 2.45) is 0 Å². The van der Waals surface area contributed by atoms with E-state index in [4.69, 9.17) is 0 Å². The van der Waals surface area contributed by atoms with Gasteiger partial charge in [0.15, 0.2) is 0 Å². The summed E-state index contributed by atoms with van der Waals surface area (Å²) < 4.78 is 0. The van der Waals surface area contributed by atoms with Gasteiger partial charge in [-0.3, -0.25) is 0 Å². The van der Waals surface area contributed by atoms with Crippen LogP contribution < -0.4 is 5.32 Å². The Bertz CT molecular complexity index is 717. The zero-order valence-corrected chi connectivity index (χ0v) is 12.8. The van der Waals surface area contributed by atoms with Crippen molar-refractivity contribution in [2.45, 2.75) is 20.4 Å². The fourth-order valence-corrected chi connectivity index (χ4v) is 2.59. The number of anilines is 1. The molecule has 0 saturated heterocycles. The van der Waals surface area contributed by atoms with E-state index in [1.54, 1.807) is 11.3 Å². The van der Waals surface area contributed by atoms with E-state index in [0.29, 0.717) is 6.54 Å². The Morgan fingerprint density at radius 3 is 2.43 bits per heavy atom. The van der Waals surface area contributed by atoms with Crippen LogP contribution in [0.25, 0.3) is 11.3 Å². The highest BCUT2D eigenvalue weighted by molar-refractivity contribution is 7.09. The van der Waals surface area contributed by atoms with Gasteiger partial charge in [0.1, 0.15) is 5.82 Å². The summed E-state index contributed by atoms with van der Waals surface area (Å²) in [7, 11) is 0. The first kappa shape index (κ1) is 13.7. The molecule has 1 N–H and O–H groups in total. The Kier molecular flexibility index (Phi) is 3.92. The second-order valence-corrected chi connectivity index (χ2v) is 5.94. The third kappa shape index (κ3) is 3.44. The van der Waals surface area contributed by atoms with Crippen molar-refractivity contribution >= 4 is 17.2 Å². The third-order valence-corrected chi connectivity index (χ3v) is 3.95. The van der Waals surface area contributed by atoms with Crippen LogP contribution >= 0.6 is 11.3 Å². The van der Waals surface area contributed by atoms with E-state index in [-0.39, 0.29) is 0 Å². The molecule has 0 fully saturated rings. The number of thiazole rings is 1. The minimum absolute atomic E-state index is 0.670. The van der Waals surface area contributed by atoms with Gasteiger partial charge in [-0.15, -0.1) is 21.5 Å². The van der Waals surface area contributed by atoms with Crippen LogP contribution in [0.1, 0.15) is 16.3 Å². The van der Waals surface area contributed by atoms with E-state index < -0.39 is 0 Å². The first-order valence-corrected chi connectivity index (χ1v) is 7.64. The average Bonchev–Trinajstić information content (AvgIpc) is 2.92. The van der Waals surface area contributed by atoms with Crippen LogP contribution in [-0.4, -0.2) is 15.2 Å². The van der Waals surface area contributed by atoms with Crippen molar-refractivity contribution in [1.82, 2.24) is 15.2 Å². The van der Waals surface area contributed by atoms with E-state index >= 15 is 0 Å². The molecule has 0 unspecified atom stereocenters. The Labute approximate surface area is 127 Å². The summed E-state index contributed by atoms with van der Waals surface area (Å²) in [5, 5.41) is 14.8. The molecule has 2 aromatic heterocycles. The fraction of sp³-hybridized carbons (Fsp3) is 0.188. The van der Waals surface area contributed by atoms with Crippen LogP contribution in [0.3, 0.4) is 0 Å². The van der Waals surface area contributed by atoms with Crippen LogP contribution in [0.5, 0.6) is 0 Å². The molecule has 21 heavy (non-hydrogen) atoms. The molecule has 0 radical (unpaired) electrons. The number of nitrogens with zero attached hydrogens (tertiary/aromatic N) is 3. The SMILES string of the molecule is Cc1ccc(-c2ccc(NCc3csc(C)n3)nn2)cc1. The number of rotatable bonds is 4. The average molecular weight is 296 g/mol. The normalized spacial score (nSPS) is 10.6. The van der Waals surface area contributed by atoms with E-state index in [2.05, 4.69) is 57.1 Å². The number of hydrogen-bond acceptors (Lipinski definition) is 5. The zero-order valence-electron chi connectivity index (χ0n) is 12.0. The Morgan fingerprint density at radius 2 is 1.81 bits per heavy atom. The minimum Gasteiger partial charge on any atom is -0.363 e. The Morgan fingerprint density at radius 1 is 1.00 bits per heavy atom. The third-order valence-electron chi connectivity index (χ3n) is 3.13. The van der Waals surface area contributed by atoms with Crippen LogP contribution in [0.4, 0.5) is 5.82 Å². The summed E-state index contributed by atoms with van der Waals surface area (Å²) in [5.74, 6) is 0.761. The highest BCUT2D eigenvalue weighted by Gasteiger charge is 2.02. The number of aromatic nitrogens is 3.